The number of rotatable bonds is 9. The van der Waals surface area contributed by atoms with E-state index in [2.05, 4.69) is 9.88 Å². The van der Waals surface area contributed by atoms with Crippen LogP contribution >= 0.6 is 0 Å². The van der Waals surface area contributed by atoms with Crippen molar-refractivity contribution in [2.45, 2.75) is 68.4 Å². The van der Waals surface area contributed by atoms with Gasteiger partial charge in [0.1, 0.15) is 0 Å². The smallest absolute Gasteiger partial charge is 0.228 e. The number of aliphatic hydroxyl groups is 1. The minimum absolute atomic E-state index is 0.213. The molecule has 2 heterocycles. The highest BCUT2D eigenvalue weighted by Crippen LogP contribution is 2.30. The van der Waals surface area contributed by atoms with E-state index in [9.17, 15) is 13.5 Å². The van der Waals surface area contributed by atoms with Gasteiger partial charge in [0.05, 0.1) is 17.1 Å². The lowest BCUT2D eigenvalue weighted by Crippen LogP contribution is -2.37. The number of methoxy groups -OCH3 is 1. The zero-order valence-electron chi connectivity index (χ0n) is 16.3. The van der Waals surface area contributed by atoms with Crippen LogP contribution in [0.5, 0.6) is 0 Å². The SMILES string of the molecule is COCCCn1c(CN2CCCC(CO)C2)cnc1S(=O)(=O)C1CCCC1. The van der Waals surface area contributed by atoms with Gasteiger partial charge in [-0.1, -0.05) is 12.8 Å². The van der Waals surface area contributed by atoms with Gasteiger partial charge in [0.15, 0.2) is 0 Å². The predicted octanol–water partition coefficient (Wildman–Crippen LogP) is 1.84. The molecule has 1 aromatic rings. The number of piperidine rings is 1. The Labute approximate surface area is 162 Å². The number of imidazole rings is 1. The third-order valence-corrected chi connectivity index (χ3v) is 8.06. The molecule has 1 unspecified atom stereocenters. The van der Waals surface area contributed by atoms with E-state index in [1.54, 1.807) is 13.3 Å². The van der Waals surface area contributed by atoms with Gasteiger partial charge in [-0.15, -0.1) is 0 Å². The van der Waals surface area contributed by atoms with Gasteiger partial charge in [0, 0.05) is 40.0 Å². The van der Waals surface area contributed by atoms with E-state index in [1.807, 2.05) is 4.57 Å². The molecule has 2 fully saturated rings. The summed E-state index contributed by atoms with van der Waals surface area (Å²) in [5.41, 5.74) is 0.946. The number of ether oxygens (including phenoxy) is 1. The first-order chi connectivity index (χ1) is 13.1. The zero-order chi connectivity index (χ0) is 19.3. The topological polar surface area (TPSA) is 84.7 Å². The summed E-state index contributed by atoms with van der Waals surface area (Å²) >= 11 is 0. The van der Waals surface area contributed by atoms with E-state index in [1.165, 1.54) is 0 Å². The molecular formula is C19H33N3O4S. The van der Waals surface area contributed by atoms with Gasteiger partial charge in [-0.2, -0.15) is 0 Å². The van der Waals surface area contributed by atoms with E-state index in [-0.39, 0.29) is 17.0 Å². The number of nitrogens with zero attached hydrogens (tertiary/aromatic N) is 3. The minimum Gasteiger partial charge on any atom is -0.396 e. The lowest BCUT2D eigenvalue weighted by Gasteiger charge is -2.31. The quantitative estimate of drug-likeness (QED) is 0.638. The molecule has 0 spiro atoms. The summed E-state index contributed by atoms with van der Waals surface area (Å²) in [4.78, 5) is 6.68. The second-order valence-electron chi connectivity index (χ2n) is 7.91. The molecule has 1 saturated heterocycles. The molecule has 7 nitrogen and oxygen atoms in total. The molecule has 1 aliphatic carbocycles. The van der Waals surface area contributed by atoms with Crippen molar-refractivity contribution in [3.05, 3.63) is 11.9 Å². The van der Waals surface area contributed by atoms with Crippen molar-refractivity contribution in [2.24, 2.45) is 5.92 Å². The van der Waals surface area contributed by atoms with E-state index in [0.717, 1.165) is 63.7 Å². The van der Waals surface area contributed by atoms with Crippen molar-refractivity contribution >= 4 is 9.84 Å². The second kappa shape index (κ2) is 9.49. The number of likely N-dealkylation sites (tertiary alicyclic amines) is 1. The van der Waals surface area contributed by atoms with Crippen molar-refractivity contribution in [3.63, 3.8) is 0 Å². The lowest BCUT2D eigenvalue weighted by molar-refractivity contribution is 0.113. The van der Waals surface area contributed by atoms with Crippen LogP contribution in [0, 0.1) is 5.92 Å². The number of aromatic nitrogens is 2. The Morgan fingerprint density at radius 3 is 2.74 bits per heavy atom. The summed E-state index contributed by atoms with van der Waals surface area (Å²) in [6, 6.07) is 0. The highest BCUT2D eigenvalue weighted by Gasteiger charge is 2.34. The molecule has 1 atom stereocenters. The van der Waals surface area contributed by atoms with Gasteiger partial charge in [-0.25, -0.2) is 13.4 Å². The molecule has 3 rings (SSSR count). The Morgan fingerprint density at radius 1 is 1.26 bits per heavy atom. The number of aliphatic hydroxyl groups excluding tert-OH is 1. The maximum atomic E-state index is 13.1. The molecule has 0 bridgehead atoms. The molecule has 0 radical (unpaired) electrons. The fraction of sp³-hybridized carbons (Fsp3) is 0.842. The Bertz CT molecular complexity index is 698. The summed E-state index contributed by atoms with van der Waals surface area (Å²) < 4.78 is 33.3. The number of sulfone groups is 1. The summed E-state index contributed by atoms with van der Waals surface area (Å²) in [5, 5.41) is 9.41. The first-order valence-corrected chi connectivity index (χ1v) is 11.7. The lowest BCUT2D eigenvalue weighted by atomic mass is 9.99. The van der Waals surface area contributed by atoms with Crippen LogP contribution in [0.2, 0.25) is 0 Å². The molecule has 154 valence electrons. The van der Waals surface area contributed by atoms with E-state index in [4.69, 9.17) is 4.74 Å². The van der Waals surface area contributed by atoms with Crippen LogP contribution in [-0.2, 0) is 27.7 Å². The standard InChI is InChI=1S/C19H33N3O4S/c1-26-11-5-10-22-17(14-21-9-4-6-16(13-21)15-23)12-20-19(22)27(24,25)18-7-2-3-8-18/h12,16,18,23H,2-11,13-15H2,1H3. The van der Waals surface area contributed by atoms with Crippen molar-refractivity contribution < 1.29 is 18.3 Å². The molecule has 1 saturated carbocycles. The van der Waals surface area contributed by atoms with E-state index in [0.29, 0.717) is 25.6 Å². The predicted molar refractivity (Wildman–Crippen MR) is 103 cm³/mol. The van der Waals surface area contributed by atoms with Crippen molar-refractivity contribution in [3.8, 4) is 0 Å². The zero-order valence-corrected chi connectivity index (χ0v) is 17.2. The first-order valence-electron chi connectivity index (χ1n) is 10.2. The fourth-order valence-electron chi connectivity index (χ4n) is 4.37. The molecule has 1 N–H and O–H groups in total. The number of hydrogen-bond acceptors (Lipinski definition) is 6. The Morgan fingerprint density at radius 2 is 2.04 bits per heavy atom. The van der Waals surface area contributed by atoms with Crippen LogP contribution in [0.1, 0.15) is 50.6 Å². The monoisotopic (exact) mass is 399 g/mol. The number of hydrogen-bond donors (Lipinski definition) is 1. The molecular weight excluding hydrogens is 366 g/mol. The van der Waals surface area contributed by atoms with Crippen LogP contribution in [0.15, 0.2) is 11.4 Å². The van der Waals surface area contributed by atoms with Crippen molar-refractivity contribution in [1.82, 2.24) is 14.5 Å². The Kier molecular flexibility index (Phi) is 7.30. The van der Waals surface area contributed by atoms with Gasteiger partial charge in [-0.3, -0.25) is 4.90 Å². The van der Waals surface area contributed by atoms with Crippen LogP contribution in [0.4, 0.5) is 0 Å². The van der Waals surface area contributed by atoms with Crippen molar-refractivity contribution in [1.29, 1.82) is 0 Å². The normalized spacial score (nSPS) is 22.5. The Hall–Kier alpha value is -0.960. The largest absolute Gasteiger partial charge is 0.396 e. The fourth-order valence-corrected chi connectivity index (χ4v) is 6.34. The molecule has 0 aromatic carbocycles. The average Bonchev–Trinajstić information content (AvgIpc) is 3.33. The summed E-state index contributed by atoms with van der Waals surface area (Å²) in [5.74, 6) is 0.310. The van der Waals surface area contributed by atoms with Gasteiger partial charge in [0.25, 0.3) is 0 Å². The van der Waals surface area contributed by atoms with Crippen LogP contribution in [0.25, 0.3) is 0 Å². The molecule has 2 aliphatic rings. The average molecular weight is 400 g/mol. The first kappa shape index (κ1) is 20.8. The van der Waals surface area contributed by atoms with Gasteiger partial charge in [-0.05, 0) is 44.6 Å². The van der Waals surface area contributed by atoms with E-state index < -0.39 is 9.84 Å². The third-order valence-electron chi connectivity index (χ3n) is 5.87. The van der Waals surface area contributed by atoms with Crippen LogP contribution in [-0.4, -0.2) is 66.6 Å². The highest BCUT2D eigenvalue weighted by atomic mass is 32.2. The highest BCUT2D eigenvalue weighted by molar-refractivity contribution is 7.91. The van der Waals surface area contributed by atoms with Crippen LogP contribution in [0.3, 0.4) is 0 Å². The molecule has 8 heteroatoms. The maximum absolute atomic E-state index is 13.1. The maximum Gasteiger partial charge on any atom is 0.228 e. The Balaban J connectivity index is 1.81. The van der Waals surface area contributed by atoms with Crippen molar-refractivity contribution in [2.75, 3.05) is 33.4 Å². The van der Waals surface area contributed by atoms with Gasteiger partial charge >= 0.3 is 0 Å². The summed E-state index contributed by atoms with van der Waals surface area (Å²) in [6.45, 7) is 3.91. The minimum atomic E-state index is -3.39. The van der Waals surface area contributed by atoms with E-state index >= 15 is 0 Å². The summed E-state index contributed by atoms with van der Waals surface area (Å²) in [7, 11) is -1.73. The molecule has 1 aliphatic heterocycles. The van der Waals surface area contributed by atoms with Crippen LogP contribution < -0.4 is 0 Å². The summed E-state index contributed by atoms with van der Waals surface area (Å²) in [6.07, 6.45) is 8.07. The molecule has 0 amide bonds. The second-order valence-corrected chi connectivity index (χ2v) is 10.0. The van der Waals surface area contributed by atoms with Gasteiger partial charge in [0.2, 0.25) is 15.0 Å². The molecule has 1 aromatic heterocycles. The molecule has 27 heavy (non-hydrogen) atoms. The third kappa shape index (κ3) is 4.91. The van der Waals surface area contributed by atoms with Gasteiger partial charge < -0.3 is 14.4 Å².